The highest BCUT2D eigenvalue weighted by Gasteiger charge is 2.32. The summed E-state index contributed by atoms with van der Waals surface area (Å²) in [7, 11) is 0. The van der Waals surface area contributed by atoms with Crippen LogP contribution in [0.4, 0.5) is 4.39 Å². The highest BCUT2D eigenvalue weighted by Crippen LogP contribution is 2.30. The topological polar surface area (TPSA) is 97.3 Å². The molecule has 0 aromatic heterocycles. The van der Waals surface area contributed by atoms with Gasteiger partial charge >= 0.3 is 0 Å². The molecule has 1 aliphatic carbocycles. The van der Waals surface area contributed by atoms with Crippen LogP contribution in [-0.2, 0) is 9.53 Å². The van der Waals surface area contributed by atoms with Gasteiger partial charge < -0.3 is 29.7 Å². The quantitative estimate of drug-likeness (QED) is 0.250. The first-order chi connectivity index (χ1) is 19.1. The van der Waals surface area contributed by atoms with Gasteiger partial charge in [0, 0.05) is 17.0 Å². The lowest BCUT2D eigenvalue weighted by molar-refractivity contribution is -0.121. The van der Waals surface area contributed by atoms with Crippen molar-refractivity contribution in [3.05, 3.63) is 75.0 Å². The summed E-state index contributed by atoms with van der Waals surface area (Å²) in [5, 5.41) is 23.9. The molecule has 0 radical (unpaired) electrons. The average Bonchev–Trinajstić information content (AvgIpc) is 3.38. The number of carbonyl (C=O) groups excluding carboxylic acids is 1. The Morgan fingerprint density at radius 1 is 1.07 bits per heavy atom. The number of hydrogen-bond donors (Lipinski definition) is 3. The molecular weight excluding hydrogens is 560 g/mol. The Bertz CT molecular complexity index is 1260. The number of amides is 1. The Kier molecular flexibility index (Phi) is 10.5. The highest BCUT2D eigenvalue weighted by molar-refractivity contribution is 6.35. The van der Waals surface area contributed by atoms with Crippen LogP contribution >= 0.6 is 23.2 Å². The molecule has 7 nitrogen and oxygen atoms in total. The molecule has 2 unspecified atom stereocenters. The lowest BCUT2D eigenvalue weighted by Gasteiger charge is -2.32. The van der Waals surface area contributed by atoms with E-state index in [4.69, 9.17) is 37.4 Å². The minimum Gasteiger partial charge on any atom is -0.488 e. The molecule has 2 aliphatic rings. The summed E-state index contributed by atoms with van der Waals surface area (Å²) in [5.41, 5.74) is 1.77. The number of hydrogen-bond acceptors (Lipinski definition) is 6. The van der Waals surface area contributed by atoms with Gasteiger partial charge in [0.15, 0.2) is 11.6 Å². The highest BCUT2D eigenvalue weighted by atomic mass is 35.5. The van der Waals surface area contributed by atoms with Crippen molar-refractivity contribution in [1.29, 1.82) is 0 Å². The van der Waals surface area contributed by atoms with E-state index in [2.05, 4.69) is 5.32 Å². The van der Waals surface area contributed by atoms with Crippen molar-refractivity contribution in [3.8, 4) is 11.5 Å². The van der Waals surface area contributed by atoms with Crippen LogP contribution in [0.1, 0.15) is 51.5 Å². The predicted molar refractivity (Wildman–Crippen MR) is 152 cm³/mol. The van der Waals surface area contributed by atoms with Crippen molar-refractivity contribution < 1.29 is 33.6 Å². The van der Waals surface area contributed by atoms with E-state index in [1.54, 1.807) is 37.3 Å². The van der Waals surface area contributed by atoms with E-state index in [0.29, 0.717) is 59.2 Å². The Morgan fingerprint density at radius 2 is 1.80 bits per heavy atom. The molecule has 3 N–H and O–H groups in total. The lowest BCUT2D eigenvalue weighted by Crippen LogP contribution is -2.53. The molecule has 0 bridgehead atoms. The number of nitrogens with one attached hydrogen (secondary N) is 1. The van der Waals surface area contributed by atoms with E-state index in [1.807, 2.05) is 13.0 Å². The van der Waals surface area contributed by atoms with Crippen LogP contribution in [0.3, 0.4) is 0 Å². The third-order valence-corrected chi connectivity index (χ3v) is 7.64. The number of benzene rings is 2. The first-order valence-corrected chi connectivity index (χ1v) is 14.1. The van der Waals surface area contributed by atoms with E-state index in [1.165, 1.54) is 12.1 Å². The minimum absolute atomic E-state index is 0.0562. The third kappa shape index (κ3) is 7.98. The molecule has 1 saturated carbocycles. The van der Waals surface area contributed by atoms with E-state index in [-0.39, 0.29) is 11.9 Å². The summed E-state index contributed by atoms with van der Waals surface area (Å²) in [4.78, 5) is 12.6. The summed E-state index contributed by atoms with van der Waals surface area (Å²) >= 11 is 12.0. The minimum atomic E-state index is -0.798. The van der Waals surface area contributed by atoms with E-state index in [9.17, 15) is 19.4 Å². The fourth-order valence-corrected chi connectivity index (χ4v) is 5.25. The maximum atomic E-state index is 14.8. The fourth-order valence-electron chi connectivity index (χ4n) is 4.78. The van der Waals surface area contributed by atoms with Gasteiger partial charge in [-0.2, -0.15) is 0 Å². The zero-order valence-electron chi connectivity index (χ0n) is 22.4. The Morgan fingerprint density at radius 3 is 2.50 bits per heavy atom. The second-order valence-corrected chi connectivity index (χ2v) is 11.0. The van der Waals surface area contributed by atoms with E-state index < -0.39 is 36.3 Å². The van der Waals surface area contributed by atoms with Crippen molar-refractivity contribution in [2.45, 2.75) is 76.6 Å². The molecule has 216 valence electrons. The van der Waals surface area contributed by atoms with Crippen molar-refractivity contribution >= 4 is 35.2 Å². The molecule has 1 amide bonds. The zero-order chi connectivity index (χ0) is 28.8. The molecule has 0 spiro atoms. The second-order valence-electron chi connectivity index (χ2n) is 10.2. The van der Waals surface area contributed by atoms with Crippen molar-refractivity contribution in [1.82, 2.24) is 5.32 Å². The summed E-state index contributed by atoms with van der Waals surface area (Å²) in [6, 6.07) is 8.75. The van der Waals surface area contributed by atoms with Gasteiger partial charge in [-0.25, -0.2) is 4.39 Å². The van der Waals surface area contributed by atoms with Gasteiger partial charge in [0.1, 0.15) is 12.4 Å². The maximum absolute atomic E-state index is 14.8. The van der Waals surface area contributed by atoms with Crippen LogP contribution in [0, 0.1) is 5.82 Å². The van der Waals surface area contributed by atoms with Crippen molar-refractivity contribution in [3.63, 3.8) is 0 Å². The second kappa shape index (κ2) is 13.8. The third-order valence-electron chi connectivity index (χ3n) is 7.11. The first kappa shape index (κ1) is 30.3. The maximum Gasteiger partial charge on any atom is 0.247 e. The van der Waals surface area contributed by atoms with Crippen LogP contribution in [0.25, 0.3) is 6.08 Å². The average molecular weight is 595 g/mol. The standard InChI is InChI=1S/C30H34Cl2FNO6/c1-17(12-13-38-26-9-7-20(31)16-21(26)32)25-10-11-28(39-25)40-27-8-6-19(15-22(27)33)14-18(2)30(37)34-29-23(35)4-3-5-24(29)36/h6-9,12,14-16,23-25,28-29,35-36H,3-5,10-11,13H2,1-2H3,(H,34,37)/b17-12+,18-14+/t23-,24+,25-,28?,29?/m0/s1. The molecule has 4 rings (SSSR count). The van der Waals surface area contributed by atoms with Gasteiger partial charge in [0.2, 0.25) is 12.2 Å². The molecule has 10 heteroatoms. The van der Waals surface area contributed by atoms with Crippen LogP contribution in [0.2, 0.25) is 10.0 Å². The van der Waals surface area contributed by atoms with Crippen molar-refractivity contribution in [2.24, 2.45) is 0 Å². The predicted octanol–water partition coefficient (Wildman–Crippen LogP) is 5.84. The summed E-state index contributed by atoms with van der Waals surface area (Å²) in [6.07, 6.45) is 4.14. The van der Waals surface area contributed by atoms with Gasteiger partial charge in [0.25, 0.3) is 0 Å². The van der Waals surface area contributed by atoms with E-state index >= 15 is 0 Å². The molecule has 40 heavy (non-hydrogen) atoms. The molecule has 1 aliphatic heterocycles. The number of rotatable bonds is 9. The fraction of sp³-hybridized carbons (Fsp3) is 0.433. The van der Waals surface area contributed by atoms with Gasteiger partial charge in [-0.15, -0.1) is 0 Å². The van der Waals surface area contributed by atoms with Crippen LogP contribution < -0.4 is 14.8 Å². The molecule has 1 heterocycles. The molecule has 5 atom stereocenters. The van der Waals surface area contributed by atoms with Crippen LogP contribution in [0.15, 0.2) is 53.6 Å². The van der Waals surface area contributed by atoms with Gasteiger partial charge in [-0.1, -0.05) is 29.3 Å². The zero-order valence-corrected chi connectivity index (χ0v) is 23.9. The number of aliphatic hydroxyl groups excluding tert-OH is 2. The number of aliphatic hydroxyl groups is 2. The van der Waals surface area contributed by atoms with E-state index in [0.717, 1.165) is 12.0 Å². The molecule has 1 saturated heterocycles. The number of carbonyl (C=O) groups is 1. The van der Waals surface area contributed by atoms with Crippen LogP contribution in [-0.4, -0.2) is 53.4 Å². The number of halogens is 3. The Balaban J connectivity index is 1.29. The lowest BCUT2D eigenvalue weighted by atomic mass is 9.89. The Labute approximate surface area is 243 Å². The molecule has 2 aromatic rings. The summed E-state index contributed by atoms with van der Waals surface area (Å²) < 4.78 is 32.3. The molecule has 2 fully saturated rings. The smallest absolute Gasteiger partial charge is 0.247 e. The largest absolute Gasteiger partial charge is 0.488 e. The summed E-state index contributed by atoms with van der Waals surface area (Å²) in [5.74, 6) is -0.412. The molecule has 2 aromatic carbocycles. The van der Waals surface area contributed by atoms with Crippen molar-refractivity contribution in [2.75, 3.05) is 6.61 Å². The Hall–Kier alpha value is -2.62. The summed E-state index contributed by atoms with van der Waals surface area (Å²) in [6.45, 7) is 3.84. The molecular formula is C30H34Cl2FNO6. The van der Waals surface area contributed by atoms with Gasteiger partial charge in [0.05, 0.1) is 29.4 Å². The van der Waals surface area contributed by atoms with Gasteiger partial charge in [-0.05, 0) is 93.2 Å². The van der Waals surface area contributed by atoms with Gasteiger partial charge in [-0.3, -0.25) is 4.79 Å². The number of ether oxygens (including phenoxy) is 3. The monoisotopic (exact) mass is 593 g/mol. The first-order valence-electron chi connectivity index (χ1n) is 13.3. The SMILES string of the molecule is C/C(=C\c1ccc(OC2CC[C@@H](/C(C)=C/COc3ccc(Cl)cc3Cl)O2)c(F)c1)C(=O)NC1[C@H](O)CCC[C@@H]1O. The van der Waals surface area contributed by atoms with Crippen LogP contribution in [0.5, 0.6) is 11.5 Å². The normalized spacial score (nSPS) is 25.5.